The van der Waals surface area contributed by atoms with Crippen LogP contribution in [0.1, 0.15) is 13.8 Å². The lowest BCUT2D eigenvalue weighted by Crippen LogP contribution is -2.54. The maximum absolute atomic E-state index is 11.2. The van der Waals surface area contributed by atoms with Crippen molar-refractivity contribution in [3.05, 3.63) is 24.3 Å². The highest BCUT2D eigenvalue weighted by Crippen LogP contribution is 2.19. The summed E-state index contributed by atoms with van der Waals surface area (Å²) in [4.78, 5) is 2.40. The molecule has 2 atom stereocenters. The van der Waals surface area contributed by atoms with E-state index in [9.17, 15) is 8.42 Å². The predicted molar refractivity (Wildman–Crippen MR) is 72.1 cm³/mol. The first-order valence-corrected chi connectivity index (χ1v) is 7.55. The Kier molecular flexibility index (Phi) is 3.61. The molecule has 0 aromatic heterocycles. The van der Waals surface area contributed by atoms with Crippen molar-refractivity contribution in [2.75, 3.05) is 18.0 Å². The van der Waals surface area contributed by atoms with Crippen LogP contribution < -0.4 is 15.4 Å². The molecule has 0 spiro atoms. The van der Waals surface area contributed by atoms with Gasteiger partial charge in [-0.15, -0.1) is 0 Å². The zero-order valence-corrected chi connectivity index (χ0v) is 11.4. The minimum Gasteiger partial charge on any atom is -0.368 e. The molecule has 1 aromatic rings. The first kappa shape index (κ1) is 13.3. The average Bonchev–Trinajstić information content (AvgIpc) is 2.27. The third kappa shape index (κ3) is 3.01. The molecule has 0 radical (unpaired) electrons. The van der Waals surface area contributed by atoms with E-state index in [4.69, 9.17) is 5.14 Å². The standard InChI is InChI=1S/C12H19N3O2S/c1-9-7-15(8-10(2)14-9)11-3-5-12(6-4-11)18(13,16)17/h3-6,9-10,14H,7-8H2,1-2H3,(H2,13,16,17). The number of benzene rings is 1. The van der Waals surface area contributed by atoms with Crippen molar-refractivity contribution in [1.29, 1.82) is 0 Å². The molecular weight excluding hydrogens is 250 g/mol. The van der Waals surface area contributed by atoms with Gasteiger partial charge in [-0.2, -0.15) is 0 Å². The van der Waals surface area contributed by atoms with Gasteiger partial charge in [-0.25, -0.2) is 13.6 Å². The molecule has 3 N–H and O–H groups in total. The van der Waals surface area contributed by atoms with Crippen LogP contribution in [0.5, 0.6) is 0 Å². The summed E-state index contributed by atoms with van der Waals surface area (Å²) in [7, 11) is -3.60. The minimum atomic E-state index is -3.60. The molecule has 1 aliphatic heterocycles. The molecule has 0 saturated carbocycles. The van der Waals surface area contributed by atoms with Gasteiger partial charge >= 0.3 is 0 Å². The highest BCUT2D eigenvalue weighted by molar-refractivity contribution is 7.89. The molecule has 0 aliphatic carbocycles. The number of rotatable bonds is 2. The molecule has 2 rings (SSSR count). The largest absolute Gasteiger partial charge is 0.368 e. The van der Waals surface area contributed by atoms with Gasteiger partial charge in [0.25, 0.3) is 0 Å². The van der Waals surface area contributed by atoms with Crippen molar-refractivity contribution >= 4 is 15.7 Å². The number of sulfonamides is 1. The van der Waals surface area contributed by atoms with Crippen molar-refractivity contribution in [1.82, 2.24) is 5.32 Å². The molecular formula is C12H19N3O2S. The Hall–Kier alpha value is -1.11. The zero-order valence-electron chi connectivity index (χ0n) is 10.6. The Bertz CT molecular complexity index is 503. The quantitative estimate of drug-likeness (QED) is 0.821. The Labute approximate surface area is 108 Å². The van der Waals surface area contributed by atoms with E-state index in [0.29, 0.717) is 12.1 Å². The Morgan fingerprint density at radius 1 is 1.17 bits per heavy atom. The summed E-state index contributed by atoms with van der Waals surface area (Å²) < 4.78 is 22.4. The number of anilines is 1. The maximum Gasteiger partial charge on any atom is 0.238 e. The highest BCUT2D eigenvalue weighted by atomic mass is 32.2. The Morgan fingerprint density at radius 2 is 1.67 bits per heavy atom. The van der Waals surface area contributed by atoms with Gasteiger partial charge in [0.15, 0.2) is 0 Å². The predicted octanol–water partition coefficient (Wildman–Crippen LogP) is 0.521. The van der Waals surface area contributed by atoms with Crippen LogP contribution in [-0.4, -0.2) is 33.6 Å². The molecule has 0 amide bonds. The zero-order chi connectivity index (χ0) is 13.3. The minimum absolute atomic E-state index is 0.155. The second kappa shape index (κ2) is 4.87. The van der Waals surface area contributed by atoms with Crippen molar-refractivity contribution in [2.45, 2.75) is 30.8 Å². The van der Waals surface area contributed by atoms with Crippen LogP contribution in [0, 0.1) is 0 Å². The van der Waals surface area contributed by atoms with E-state index in [1.54, 1.807) is 12.1 Å². The lowest BCUT2D eigenvalue weighted by Gasteiger charge is -2.37. The van der Waals surface area contributed by atoms with Crippen LogP contribution in [0.3, 0.4) is 0 Å². The molecule has 1 saturated heterocycles. The first-order valence-electron chi connectivity index (χ1n) is 6.00. The van der Waals surface area contributed by atoms with Crippen molar-refractivity contribution in [3.63, 3.8) is 0 Å². The van der Waals surface area contributed by atoms with E-state index in [1.165, 1.54) is 0 Å². The smallest absolute Gasteiger partial charge is 0.238 e. The fraction of sp³-hybridized carbons (Fsp3) is 0.500. The lowest BCUT2D eigenvalue weighted by molar-refractivity contribution is 0.407. The molecule has 2 unspecified atom stereocenters. The van der Waals surface area contributed by atoms with E-state index in [1.807, 2.05) is 12.1 Å². The summed E-state index contributed by atoms with van der Waals surface area (Å²) >= 11 is 0. The highest BCUT2D eigenvalue weighted by Gasteiger charge is 2.21. The molecule has 5 nitrogen and oxygen atoms in total. The molecule has 6 heteroatoms. The topological polar surface area (TPSA) is 75.4 Å². The normalized spacial score (nSPS) is 25.2. The van der Waals surface area contributed by atoms with Crippen LogP contribution in [-0.2, 0) is 10.0 Å². The van der Waals surface area contributed by atoms with Gasteiger partial charge in [0, 0.05) is 30.9 Å². The summed E-state index contributed by atoms with van der Waals surface area (Å²) in [5.74, 6) is 0. The van der Waals surface area contributed by atoms with Crippen LogP contribution in [0.25, 0.3) is 0 Å². The second-order valence-electron chi connectivity index (χ2n) is 4.91. The van der Waals surface area contributed by atoms with Gasteiger partial charge in [-0.05, 0) is 38.1 Å². The summed E-state index contributed by atoms with van der Waals surface area (Å²) in [6.45, 7) is 6.11. The number of nitrogens with one attached hydrogen (secondary N) is 1. The lowest BCUT2D eigenvalue weighted by atomic mass is 10.1. The number of nitrogens with zero attached hydrogens (tertiary/aromatic N) is 1. The summed E-state index contributed by atoms with van der Waals surface area (Å²) in [5.41, 5.74) is 1.03. The van der Waals surface area contributed by atoms with Crippen LogP contribution in [0.4, 0.5) is 5.69 Å². The van der Waals surface area contributed by atoms with Crippen LogP contribution in [0.15, 0.2) is 29.2 Å². The molecule has 1 aromatic carbocycles. The Balaban J connectivity index is 2.19. The Morgan fingerprint density at radius 3 is 2.11 bits per heavy atom. The van der Waals surface area contributed by atoms with Crippen LogP contribution >= 0.6 is 0 Å². The van der Waals surface area contributed by atoms with Crippen molar-refractivity contribution in [2.24, 2.45) is 5.14 Å². The molecule has 0 bridgehead atoms. The van der Waals surface area contributed by atoms with Gasteiger partial charge in [0.05, 0.1) is 4.90 Å². The molecule has 18 heavy (non-hydrogen) atoms. The van der Waals surface area contributed by atoms with E-state index in [2.05, 4.69) is 24.1 Å². The third-order valence-electron chi connectivity index (χ3n) is 3.09. The summed E-state index contributed by atoms with van der Waals surface area (Å²) in [6.07, 6.45) is 0. The summed E-state index contributed by atoms with van der Waals surface area (Å²) in [5, 5.41) is 8.54. The van der Waals surface area contributed by atoms with Gasteiger partial charge in [0.2, 0.25) is 10.0 Å². The monoisotopic (exact) mass is 269 g/mol. The SMILES string of the molecule is CC1CN(c2ccc(S(N)(=O)=O)cc2)CC(C)N1. The van der Waals surface area contributed by atoms with Gasteiger partial charge in [0.1, 0.15) is 0 Å². The fourth-order valence-corrected chi connectivity index (χ4v) is 2.90. The number of hydrogen-bond acceptors (Lipinski definition) is 4. The number of nitrogens with two attached hydrogens (primary N) is 1. The maximum atomic E-state index is 11.2. The van der Waals surface area contributed by atoms with E-state index >= 15 is 0 Å². The second-order valence-corrected chi connectivity index (χ2v) is 6.47. The molecule has 1 aliphatic rings. The number of hydrogen-bond donors (Lipinski definition) is 2. The first-order chi connectivity index (χ1) is 8.36. The van der Waals surface area contributed by atoms with E-state index in [0.717, 1.165) is 18.8 Å². The number of piperazine rings is 1. The van der Waals surface area contributed by atoms with Gasteiger partial charge < -0.3 is 10.2 Å². The molecule has 100 valence electrons. The van der Waals surface area contributed by atoms with Crippen LogP contribution in [0.2, 0.25) is 0 Å². The van der Waals surface area contributed by atoms with Gasteiger partial charge in [-0.3, -0.25) is 0 Å². The van der Waals surface area contributed by atoms with E-state index in [-0.39, 0.29) is 4.90 Å². The molecule has 1 fully saturated rings. The average molecular weight is 269 g/mol. The van der Waals surface area contributed by atoms with Crippen molar-refractivity contribution < 1.29 is 8.42 Å². The van der Waals surface area contributed by atoms with Crippen molar-refractivity contribution in [3.8, 4) is 0 Å². The number of primary sulfonamides is 1. The summed E-state index contributed by atoms with van der Waals surface area (Å²) in [6, 6.07) is 7.58. The van der Waals surface area contributed by atoms with Gasteiger partial charge in [-0.1, -0.05) is 0 Å². The van der Waals surface area contributed by atoms with E-state index < -0.39 is 10.0 Å². The third-order valence-corrected chi connectivity index (χ3v) is 4.02. The molecule has 1 heterocycles. The fourth-order valence-electron chi connectivity index (χ4n) is 2.38.